The van der Waals surface area contributed by atoms with E-state index in [2.05, 4.69) is 0 Å². The number of benzene rings is 1. The Labute approximate surface area is 144 Å². The molecule has 1 aromatic carbocycles. The number of hydrogen-bond acceptors (Lipinski definition) is 3. The van der Waals surface area contributed by atoms with Crippen LogP contribution in [0.15, 0.2) is 23.1 Å². The molecule has 1 fully saturated rings. The minimum atomic E-state index is -4.80. The molecule has 0 saturated carbocycles. The van der Waals surface area contributed by atoms with Gasteiger partial charge in [0.25, 0.3) is 0 Å². The molecule has 4 nitrogen and oxygen atoms in total. The second-order valence-corrected chi connectivity index (χ2v) is 8.00. The summed E-state index contributed by atoms with van der Waals surface area (Å²) in [5, 5.41) is -0.434. The average molecular weight is 393 g/mol. The number of nitrogens with zero attached hydrogens (tertiary/aromatic N) is 1. The molecule has 132 valence electrons. The Balaban J connectivity index is 0.00000264. The average Bonchev–Trinajstić information content (AvgIpc) is 2.81. The summed E-state index contributed by atoms with van der Waals surface area (Å²) in [6.07, 6.45) is -4.31. The molecule has 0 bridgehead atoms. The van der Waals surface area contributed by atoms with Gasteiger partial charge in [0.15, 0.2) is 0 Å². The van der Waals surface area contributed by atoms with Crippen molar-refractivity contribution >= 4 is 34.0 Å². The molecule has 1 aromatic rings. The molecule has 2 rings (SSSR count). The first-order chi connectivity index (χ1) is 10.0. The lowest BCUT2D eigenvalue weighted by atomic mass is 9.90. The van der Waals surface area contributed by atoms with Gasteiger partial charge in [-0.25, -0.2) is 8.42 Å². The van der Waals surface area contributed by atoms with E-state index in [-0.39, 0.29) is 32.0 Å². The minimum absolute atomic E-state index is 0. The van der Waals surface area contributed by atoms with Gasteiger partial charge in [-0.3, -0.25) is 0 Å². The molecule has 0 spiro atoms. The van der Waals surface area contributed by atoms with Crippen molar-refractivity contribution in [2.75, 3.05) is 19.6 Å². The van der Waals surface area contributed by atoms with Crippen LogP contribution in [0.2, 0.25) is 5.02 Å². The predicted octanol–water partition coefficient (Wildman–Crippen LogP) is 3.14. The maximum absolute atomic E-state index is 13.1. The van der Waals surface area contributed by atoms with Crippen LogP contribution < -0.4 is 5.73 Å². The maximum atomic E-state index is 13.1. The number of alkyl halides is 3. The molecule has 0 aromatic heterocycles. The fourth-order valence-corrected chi connectivity index (χ4v) is 4.79. The Morgan fingerprint density at radius 2 is 2.00 bits per heavy atom. The Morgan fingerprint density at radius 3 is 2.48 bits per heavy atom. The first kappa shape index (κ1) is 20.5. The summed E-state index contributed by atoms with van der Waals surface area (Å²) in [6, 6.07) is 2.94. The van der Waals surface area contributed by atoms with Gasteiger partial charge in [0, 0.05) is 13.1 Å². The molecule has 1 saturated heterocycles. The lowest BCUT2D eigenvalue weighted by Gasteiger charge is -2.24. The molecule has 23 heavy (non-hydrogen) atoms. The van der Waals surface area contributed by atoms with Crippen molar-refractivity contribution in [3.8, 4) is 0 Å². The van der Waals surface area contributed by atoms with Crippen LogP contribution in [-0.4, -0.2) is 32.4 Å². The highest BCUT2D eigenvalue weighted by Crippen LogP contribution is 2.41. The van der Waals surface area contributed by atoms with E-state index in [0.717, 1.165) is 22.5 Å². The molecule has 1 aliphatic rings. The van der Waals surface area contributed by atoms with Crippen molar-refractivity contribution in [1.82, 2.24) is 4.31 Å². The molecule has 0 radical (unpaired) electrons. The van der Waals surface area contributed by atoms with Crippen LogP contribution in [-0.2, 0) is 16.2 Å². The highest BCUT2D eigenvalue weighted by atomic mass is 35.5. The summed E-state index contributed by atoms with van der Waals surface area (Å²) in [5.74, 6) is 0. The van der Waals surface area contributed by atoms with Crippen molar-refractivity contribution in [3.63, 3.8) is 0 Å². The quantitative estimate of drug-likeness (QED) is 0.858. The standard InChI is InChI=1S/C13H16ClF3N2O2S.ClH/c1-12(7-18)5-6-19(8-12)22(20,21)11-9(13(15,16)17)3-2-4-10(11)14;/h2-4H,5-8,18H2,1H3;1H. The Hall–Kier alpha value is -0.540. The maximum Gasteiger partial charge on any atom is 0.417 e. The molecule has 1 atom stereocenters. The predicted molar refractivity (Wildman–Crippen MR) is 84.2 cm³/mol. The Bertz CT molecular complexity index is 682. The van der Waals surface area contributed by atoms with E-state index in [0.29, 0.717) is 6.42 Å². The van der Waals surface area contributed by atoms with Gasteiger partial charge in [-0.2, -0.15) is 17.5 Å². The highest BCUT2D eigenvalue weighted by Gasteiger charge is 2.44. The summed E-state index contributed by atoms with van der Waals surface area (Å²) >= 11 is 5.77. The number of rotatable bonds is 3. The van der Waals surface area contributed by atoms with Gasteiger partial charge in [-0.05, 0) is 30.5 Å². The number of nitrogens with two attached hydrogens (primary N) is 1. The van der Waals surface area contributed by atoms with Crippen LogP contribution in [0.25, 0.3) is 0 Å². The van der Waals surface area contributed by atoms with Gasteiger partial charge in [-0.15, -0.1) is 12.4 Å². The number of hydrogen-bond donors (Lipinski definition) is 1. The van der Waals surface area contributed by atoms with Crippen LogP contribution in [0.1, 0.15) is 18.9 Å². The van der Waals surface area contributed by atoms with Crippen molar-refractivity contribution in [3.05, 3.63) is 28.8 Å². The third kappa shape index (κ3) is 3.93. The zero-order chi connectivity index (χ0) is 16.8. The third-order valence-corrected chi connectivity index (χ3v) is 6.26. The van der Waals surface area contributed by atoms with Gasteiger partial charge < -0.3 is 5.73 Å². The normalized spacial score (nSPS) is 22.9. The van der Waals surface area contributed by atoms with E-state index in [1.165, 1.54) is 0 Å². The van der Waals surface area contributed by atoms with Crippen LogP contribution in [0.5, 0.6) is 0 Å². The zero-order valence-corrected chi connectivity index (χ0v) is 14.6. The first-order valence-electron chi connectivity index (χ1n) is 6.57. The number of sulfonamides is 1. The third-order valence-electron chi connectivity index (χ3n) is 3.89. The van der Waals surface area contributed by atoms with E-state index in [1.54, 1.807) is 6.92 Å². The second kappa shape index (κ2) is 6.76. The Kier molecular flexibility index (Phi) is 6.02. The smallest absolute Gasteiger partial charge is 0.330 e. The SMILES string of the molecule is CC1(CN)CCN(S(=O)(=O)c2c(Cl)cccc2C(F)(F)F)C1.Cl. The van der Waals surface area contributed by atoms with Gasteiger partial charge >= 0.3 is 6.18 Å². The Morgan fingerprint density at radius 1 is 1.39 bits per heavy atom. The summed E-state index contributed by atoms with van der Waals surface area (Å²) in [4.78, 5) is -0.884. The molecule has 1 aliphatic heterocycles. The van der Waals surface area contributed by atoms with Gasteiger partial charge in [0.05, 0.1) is 10.6 Å². The largest absolute Gasteiger partial charge is 0.417 e. The second-order valence-electron chi connectivity index (χ2n) is 5.72. The molecular formula is C13H17Cl2F3N2O2S. The molecule has 10 heteroatoms. The van der Waals surface area contributed by atoms with E-state index in [1.807, 2.05) is 0 Å². The van der Waals surface area contributed by atoms with E-state index in [9.17, 15) is 21.6 Å². The van der Waals surface area contributed by atoms with Crippen molar-refractivity contribution < 1.29 is 21.6 Å². The molecule has 0 amide bonds. The molecule has 0 aliphatic carbocycles. The lowest BCUT2D eigenvalue weighted by Crippen LogP contribution is -2.35. The summed E-state index contributed by atoms with van der Waals surface area (Å²) in [6.45, 7) is 2.26. The van der Waals surface area contributed by atoms with Crippen LogP contribution in [0.3, 0.4) is 0 Å². The molecular weight excluding hydrogens is 376 g/mol. The van der Waals surface area contributed by atoms with Crippen LogP contribution in [0.4, 0.5) is 13.2 Å². The molecule has 1 unspecified atom stereocenters. The summed E-state index contributed by atoms with van der Waals surface area (Å²) < 4.78 is 65.6. The first-order valence-corrected chi connectivity index (χ1v) is 8.39. The van der Waals surface area contributed by atoms with E-state index in [4.69, 9.17) is 17.3 Å². The molecule has 2 N–H and O–H groups in total. The fourth-order valence-electron chi connectivity index (χ4n) is 2.47. The summed E-state index contributed by atoms with van der Waals surface area (Å²) in [7, 11) is -4.34. The van der Waals surface area contributed by atoms with E-state index < -0.39 is 37.1 Å². The van der Waals surface area contributed by atoms with E-state index >= 15 is 0 Å². The zero-order valence-electron chi connectivity index (χ0n) is 12.2. The van der Waals surface area contributed by atoms with Gasteiger partial charge in [0.1, 0.15) is 4.90 Å². The highest BCUT2D eigenvalue weighted by molar-refractivity contribution is 7.89. The topological polar surface area (TPSA) is 63.4 Å². The van der Waals surface area contributed by atoms with Gasteiger partial charge in [0.2, 0.25) is 10.0 Å². The summed E-state index contributed by atoms with van der Waals surface area (Å²) in [5.41, 5.74) is 3.93. The van der Waals surface area contributed by atoms with Crippen LogP contribution in [0, 0.1) is 5.41 Å². The molecule has 1 heterocycles. The van der Waals surface area contributed by atoms with Crippen molar-refractivity contribution in [2.45, 2.75) is 24.4 Å². The van der Waals surface area contributed by atoms with Gasteiger partial charge in [-0.1, -0.05) is 24.6 Å². The fraction of sp³-hybridized carbons (Fsp3) is 0.538. The monoisotopic (exact) mass is 392 g/mol. The minimum Gasteiger partial charge on any atom is -0.330 e. The van der Waals surface area contributed by atoms with Crippen molar-refractivity contribution in [2.24, 2.45) is 11.1 Å². The lowest BCUT2D eigenvalue weighted by molar-refractivity contribution is -0.139. The van der Waals surface area contributed by atoms with Crippen LogP contribution >= 0.6 is 24.0 Å². The number of halogens is 5. The van der Waals surface area contributed by atoms with Crippen molar-refractivity contribution in [1.29, 1.82) is 0 Å².